The molecule has 33 heavy (non-hydrogen) atoms. The van der Waals surface area contributed by atoms with E-state index in [0.717, 1.165) is 65.7 Å². The third-order valence-electron chi connectivity index (χ3n) is 6.45. The number of carbonyl (C=O) groups excluding carboxylic acids is 2. The van der Waals surface area contributed by atoms with Gasteiger partial charge in [-0.3, -0.25) is 19.6 Å². The minimum atomic E-state index is -0.00180. The minimum absolute atomic E-state index is 0.00180. The number of amides is 2. The number of pyridine rings is 2. The number of unbranched alkanes of at least 4 members (excludes halogenated alkanes) is 1. The standard InChI is InChI=1S/C26H32N4O2S/c1-18(2)21-6-7-22(29-16-21)26(32)30-13-9-19(10-14-30)5-3-4-11-28-25(31)23-15-20-8-12-27-17-24(20)33-23/h6-8,12,15-19H,3-5,9-11,13-14H2,1-2H3,(H,28,31). The van der Waals surface area contributed by atoms with E-state index in [1.807, 2.05) is 35.4 Å². The van der Waals surface area contributed by atoms with Crippen LogP contribution in [-0.2, 0) is 0 Å². The van der Waals surface area contributed by atoms with Gasteiger partial charge in [-0.25, -0.2) is 0 Å². The van der Waals surface area contributed by atoms with E-state index in [1.165, 1.54) is 11.3 Å². The smallest absolute Gasteiger partial charge is 0.272 e. The van der Waals surface area contributed by atoms with Gasteiger partial charge in [0.05, 0.1) is 9.58 Å². The lowest BCUT2D eigenvalue weighted by Gasteiger charge is -2.32. The molecule has 174 valence electrons. The van der Waals surface area contributed by atoms with Crippen LogP contribution in [0.4, 0.5) is 0 Å². The van der Waals surface area contributed by atoms with Gasteiger partial charge >= 0.3 is 0 Å². The molecule has 0 saturated carbocycles. The highest BCUT2D eigenvalue weighted by atomic mass is 32.1. The Morgan fingerprint density at radius 3 is 2.67 bits per heavy atom. The zero-order chi connectivity index (χ0) is 23.2. The van der Waals surface area contributed by atoms with Crippen LogP contribution in [0.15, 0.2) is 42.9 Å². The molecule has 1 fully saturated rings. The van der Waals surface area contributed by atoms with Gasteiger partial charge in [-0.15, -0.1) is 11.3 Å². The van der Waals surface area contributed by atoms with E-state index in [-0.39, 0.29) is 11.8 Å². The van der Waals surface area contributed by atoms with Crippen LogP contribution in [0.5, 0.6) is 0 Å². The quantitative estimate of drug-likeness (QED) is 0.461. The highest BCUT2D eigenvalue weighted by Gasteiger charge is 2.24. The Hall–Kier alpha value is -2.80. The summed E-state index contributed by atoms with van der Waals surface area (Å²) in [6, 6.07) is 7.73. The van der Waals surface area contributed by atoms with E-state index < -0.39 is 0 Å². The lowest BCUT2D eigenvalue weighted by Crippen LogP contribution is -2.38. The topological polar surface area (TPSA) is 75.2 Å². The summed E-state index contributed by atoms with van der Waals surface area (Å²) in [6.07, 6.45) is 10.7. The molecule has 2 amide bonds. The third kappa shape index (κ3) is 5.96. The summed E-state index contributed by atoms with van der Waals surface area (Å²) in [6.45, 7) is 6.55. The van der Waals surface area contributed by atoms with Crippen LogP contribution in [0.1, 0.15) is 77.6 Å². The van der Waals surface area contributed by atoms with Gasteiger partial charge in [0.1, 0.15) is 5.69 Å². The van der Waals surface area contributed by atoms with E-state index in [9.17, 15) is 9.59 Å². The number of aromatic nitrogens is 2. The van der Waals surface area contributed by atoms with Gasteiger partial charge in [0, 0.05) is 38.2 Å². The predicted octanol–water partition coefficient (Wildman–Crippen LogP) is 5.27. The van der Waals surface area contributed by atoms with E-state index in [1.54, 1.807) is 12.4 Å². The van der Waals surface area contributed by atoms with Crippen LogP contribution in [0.3, 0.4) is 0 Å². The molecule has 7 heteroatoms. The Morgan fingerprint density at radius 1 is 1.15 bits per heavy atom. The van der Waals surface area contributed by atoms with Gasteiger partial charge in [-0.1, -0.05) is 32.8 Å². The normalized spacial score (nSPS) is 14.7. The molecular formula is C26H32N4O2S. The summed E-state index contributed by atoms with van der Waals surface area (Å²) in [5.74, 6) is 1.11. The number of thiophene rings is 1. The summed E-state index contributed by atoms with van der Waals surface area (Å²) >= 11 is 1.48. The molecule has 1 N–H and O–H groups in total. The van der Waals surface area contributed by atoms with Crippen molar-refractivity contribution in [2.75, 3.05) is 19.6 Å². The van der Waals surface area contributed by atoms with Crippen LogP contribution in [0, 0.1) is 5.92 Å². The van der Waals surface area contributed by atoms with Crippen molar-refractivity contribution < 1.29 is 9.59 Å². The third-order valence-corrected chi connectivity index (χ3v) is 7.53. The van der Waals surface area contributed by atoms with Gasteiger partial charge < -0.3 is 10.2 Å². The Balaban J connectivity index is 1.13. The van der Waals surface area contributed by atoms with Crippen molar-refractivity contribution in [3.63, 3.8) is 0 Å². The molecule has 0 aliphatic carbocycles. The lowest BCUT2D eigenvalue weighted by molar-refractivity contribution is 0.0680. The summed E-state index contributed by atoms with van der Waals surface area (Å²) in [5, 5.41) is 4.10. The second-order valence-corrected chi connectivity index (χ2v) is 10.2. The van der Waals surface area contributed by atoms with Gasteiger partial charge in [0.2, 0.25) is 0 Å². The maximum atomic E-state index is 12.7. The summed E-state index contributed by atoms with van der Waals surface area (Å²) in [7, 11) is 0. The fourth-order valence-electron chi connectivity index (χ4n) is 4.30. The minimum Gasteiger partial charge on any atom is -0.351 e. The lowest BCUT2D eigenvalue weighted by atomic mass is 9.91. The second-order valence-electron chi connectivity index (χ2n) is 9.14. The average Bonchev–Trinajstić information content (AvgIpc) is 3.28. The van der Waals surface area contributed by atoms with Gasteiger partial charge in [0.25, 0.3) is 11.8 Å². The van der Waals surface area contributed by atoms with Gasteiger partial charge in [-0.2, -0.15) is 0 Å². The number of hydrogen-bond acceptors (Lipinski definition) is 5. The SMILES string of the molecule is CC(C)c1ccc(C(=O)N2CCC(CCCCNC(=O)c3cc4ccncc4s3)CC2)nc1. The molecule has 0 bridgehead atoms. The first kappa shape index (κ1) is 23.4. The Bertz CT molecular complexity index is 1050. The Kier molecular flexibility index (Phi) is 7.70. The maximum Gasteiger partial charge on any atom is 0.272 e. The number of piperidine rings is 1. The molecule has 4 rings (SSSR count). The summed E-state index contributed by atoms with van der Waals surface area (Å²) < 4.78 is 1.04. The highest BCUT2D eigenvalue weighted by molar-refractivity contribution is 7.20. The Morgan fingerprint density at radius 2 is 1.97 bits per heavy atom. The van der Waals surface area contributed by atoms with E-state index in [0.29, 0.717) is 24.1 Å². The van der Waals surface area contributed by atoms with Gasteiger partial charge in [0.15, 0.2) is 0 Å². The largest absolute Gasteiger partial charge is 0.351 e. The molecule has 4 heterocycles. The molecule has 3 aromatic heterocycles. The van der Waals surface area contributed by atoms with E-state index in [4.69, 9.17) is 0 Å². The molecule has 1 aliphatic heterocycles. The average molecular weight is 465 g/mol. The first-order valence-electron chi connectivity index (χ1n) is 11.9. The fourth-order valence-corrected chi connectivity index (χ4v) is 5.25. The molecule has 0 aromatic carbocycles. The molecule has 1 aliphatic rings. The molecule has 6 nitrogen and oxygen atoms in total. The first-order chi connectivity index (χ1) is 16.0. The van der Waals surface area contributed by atoms with E-state index >= 15 is 0 Å². The number of likely N-dealkylation sites (tertiary alicyclic amines) is 1. The summed E-state index contributed by atoms with van der Waals surface area (Å²) in [5.41, 5.74) is 1.70. The monoisotopic (exact) mass is 464 g/mol. The number of nitrogens with one attached hydrogen (secondary N) is 1. The second kappa shape index (κ2) is 10.9. The highest BCUT2D eigenvalue weighted by Crippen LogP contribution is 2.25. The predicted molar refractivity (Wildman–Crippen MR) is 133 cm³/mol. The van der Waals surface area contributed by atoms with Crippen molar-refractivity contribution in [1.82, 2.24) is 20.2 Å². The number of hydrogen-bond donors (Lipinski definition) is 1. The first-order valence-corrected chi connectivity index (χ1v) is 12.7. The number of fused-ring (bicyclic) bond motifs is 1. The number of carbonyl (C=O) groups is 2. The van der Waals surface area contributed by atoms with Crippen molar-refractivity contribution in [2.45, 2.75) is 51.9 Å². The zero-order valence-electron chi connectivity index (χ0n) is 19.4. The summed E-state index contributed by atoms with van der Waals surface area (Å²) in [4.78, 5) is 36.3. The van der Waals surface area contributed by atoms with Crippen molar-refractivity contribution in [2.24, 2.45) is 5.92 Å². The molecular weight excluding hydrogens is 432 g/mol. The maximum absolute atomic E-state index is 12.7. The van der Waals surface area contributed by atoms with Gasteiger partial charge in [-0.05, 0) is 60.2 Å². The number of nitrogens with zero attached hydrogens (tertiary/aromatic N) is 3. The van der Waals surface area contributed by atoms with Crippen LogP contribution in [-0.4, -0.2) is 46.3 Å². The number of rotatable bonds is 8. The van der Waals surface area contributed by atoms with Crippen molar-refractivity contribution in [3.05, 3.63) is 59.0 Å². The Labute approximate surface area is 199 Å². The zero-order valence-corrected chi connectivity index (χ0v) is 20.2. The molecule has 0 atom stereocenters. The van der Waals surface area contributed by atoms with Crippen molar-refractivity contribution in [3.8, 4) is 0 Å². The van der Waals surface area contributed by atoms with E-state index in [2.05, 4.69) is 29.1 Å². The molecule has 1 saturated heterocycles. The fraction of sp³-hybridized carbons (Fsp3) is 0.462. The van der Waals surface area contributed by atoms with Crippen LogP contribution in [0.2, 0.25) is 0 Å². The molecule has 0 radical (unpaired) electrons. The van der Waals surface area contributed by atoms with Crippen LogP contribution < -0.4 is 5.32 Å². The van der Waals surface area contributed by atoms with Crippen molar-refractivity contribution >= 4 is 33.2 Å². The molecule has 3 aromatic rings. The molecule has 0 unspecified atom stereocenters. The van der Waals surface area contributed by atoms with Crippen molar-refractivity contribution in [1.29, 1.82) is 0 Å². The van der Waals surface area contributed by atoms with Crippen LogP contribution in [0.25, 0.3) is 10.1 Å². The van der Waals surface area contributed by atoms with Crippen LogP contribution >= 0.6 is 11.3 Å². The molecule has 0 spiro atoms.